The number of carbonyl (C=O) groups excluding carboxylic acids is 2. The second kappa shape index (κ2) is 9.68. The third-order valence-electron chi connectivity index (χ3n) is 3.09. The van der Waals surface area contributed by atoms with Gasteiger partial charge in [-0.25, -0.2) is 9.78 Å². The lowest BCUT2D eigenvalue weighted by molar-refractivity contribution is -0.114. The van der Waals surface area contributed by atoms with E-state index in [1.807, 2.05) is 0 Å². The largest absolute Gasteiger partial charge is 0.455 e. The molecule has 2 rings (SSSR count). The normalized spacial score (nSPS) is 10.4. The number of para-hydroxylation sites is 1. The van der Waals surface area contributed by atoms with Crippen molar-refractivity contribution >= 4 is 35.0 Å². The number of nitrogens with two attached hydrogens (primary N) is 2. The molecule has 2 amide bonds. The standard InChI is InChI=1S/C16H19N7O4/c1-19-16(25)27-9-26-12-5-3-2-4-10(12)22-23-11-6-7-13(21-15(11)18)20-14(24)8-17/h2-7H,8-9,17H2,1H3,(H,19,25)(H3,18,20,21,24)/b23-22+. The number of alkyl carbamates (subject to hydrolysis) is 1. The van der Waals surface area contributed by atoms with E-state index >= 15 is 0 Å². The number of benzene rings is 1. The number of aromatic nitrogens is 1. The Balaban J connectivity index is 2.09. The molecule has 0 unspecified atom stereocenters. The molecule has 142 valence electrons. The van der Waals surface area contributed by atoms with E-state index in [1.54, 1.807) is 30.3 Å². The number of pyridine rings is 1. The minimum absolute atomic E-state index is 0.0786. The lowest BCUT2D eigenvalue weighted by Gasteiger charge is -2.08. The molecule has 11 heteroatoms. The van der Waals surface area contributed by atoms with Crippen molar-refractivity contribution in [3.63, 3.8) is 0 Å². The maximum Gasteiger partial charge on any atom is 0.409 e. The molecule has 1 aromatic carbocycles. The van der Waals surface area contributed by atoms with Crippen LogP contribution in [0.15, 0.2) is 46.6 Å². The van der Waals surface area contributed by atoms with E-state index in [1.165, 1.54) is 13.1 Å². The van der Waals surface area contributed by atoms with Crippen LogP contribution in [0.25, 0.3) is 0 Å². The van der Waals surface area contributed by atoms with Crippen LogP contribution in [-0.2, 0) is 9.53 Å². The molecule has 2 aromatic rings. The van der Waals surface area contributed by atoms with E-state index in [2.05, 4.69) is 25.8 Å². The first-order chi connectivity index (χ1) is 13.0. The maximum atomic E-state index is 11.3. The molecule has 27 heavy (non-hydrogen) atoms. The number of amides is 2. The minimum Gasteiger partial charge on any atom is -0.455 e. The summed E-state index contributed by atoms with van der Waals surface area (Å²) in [6.07, 6.45) is -0.616. The number of carbonyl (C=O) groups is 2. The summed E-state index contributed by atoms with van der Waals surface area (Å²) in [4.78, 5) is 26.3. The van der Waals surface area contributed by atoms with E-state index in [4.69, 9.17) is 20.9 Å². The highest BCUT2D eigenvalue weighted by atomic mass is 16.7. The summed E-state index contributed by atoms with van der Waals surface area (Å²) in [6.45, 7) is -0.450. The molecule has 1 aromatic heterocycles. The van der Waals surface area contributed by atoms with Crippen LogP contribution < -0.4 is 26.8 Å². The molecule has 0 bridgehead atoms. The lowest BCUT2D eigenvalue weighted by Crippen LogP contribution is -2.22. The van der Waals surface area contributed by atoms with Crippen molar-refractivity contribution < 1.29 is 19.1 Å². The zero-order valence-corrected chi connectivity index (χ0v) is 14.5. The molecule has 0 aliphatic heterocycles. The number of nitrogen functional groups attached to an aromatic ring is 1. The molecule has 0 aliphatic carbocycles. The Morgan fingerprint density at radius 1 is 1.15 bits per heavy atom. The number of rotatable bonds is 7. The van der Waals surface area contributed by atoms with Gasteiger partial charge in [-0.05, 0) is 24.3 Å². The molecule has 0 atom stereocenters. The molecule has 0 spiro atoms. The summed E-state index contributed by atoms with van der Waals surface area (Å²) in [5.74, 6) is 0.316. The van der Waals surface area contributed by atoms with Gasteiger partial charge in [0.1, 0.15) is 17.2 Å². The topological polar surface area (TPSA) is 166 Å². The van der Waals surface area contributed by atoms with Gasteiger partial charge in [0.2, 0.25) is 12.7 Å². The quantitative estimate of drug-likeness (QED) is 0.423. The SMILES string of the molecule is CNC(=O)OCOc1ccccc1/N=N/c1ccc(NC(=O)CN)nc1N. The summed E-state index contributed by atoms with van der Waals surface area (Å²) >= 11 is 0. The van der Waals surface area contributed by atoms with Gasteiger partial charge >= 0.3 is 6.09 Å². The van der Waals surface area contributed by atoms with Gasteiger partial charge in [0.15, 0.2) is 11.6 Å². The van der Waals surface area contributed by atoms with E-state index in [0.29, 0.717) is 17.1 Å². The highest BCUT2D eigenvalue weighted by molar-refractivity contribution is 5.91. The molecule has 11 nitrogen and oxygen atoms in total. The van der Waals surface area contributed by atoms with Gasteiger partial charge in [-0.1, -0.05) is 12.1 Å². The van der Waals surface area contributed by atoms with Gasteiger partial charge in [0.25, 0.3) is 0 Å². The Labute approximate surface area is 154 Å². The highest BCUT2D eigenvalue weighted by Gasteiger charge is 2.07. The fourth-order valence-corrected chi connectivity index (χ4v) is 1.80. The maximum absolute atomic E-state index is 11.3. The molecule has 0 aliphatic rings. The van der Waals surface area contributed by atoms with E-state index in [0.717, 1.165) is 0 Å². The van der Waals surface area contributed by atoms with Gasteiger partial charge in [-0.3, -0.25) is 4.79 Å². The predicted molar refractivity (Wildman–Crippen MR) is 98.0 cm³/mol. The summed E-state index contributed by atoms with van der Waals surface area (Å²) < 4.78 is 10.1. The van der Waals surface area contributed by atoms with E-state index in [-0.39, 0.29) is 30.9 Å². The summed E-state index contributed by atoms with van der Waals surface area (Å²) in [6, 6.07) is 9.87. The second-order valence-corrected chi connectivity index (χ2v) is 4.96. The summed E-state index contributed by atoms with van der Waals surface area (Å²) in [7, 11) is 1.44. The lowest BCUT2D eigenvalue weighted by atomic mass is 10.3. The minimum atomic E-state index is -0.616. The number of azo groups is 1. The fraction of sp³-hybridized carbons (Fsp3) is 0.188. The first-order valence-electron chi connectivity index (χ1n) is 7.78. The van der Waals surface area contributed by atoms with Gasteiger partial charge in [0.05, 0.1) is 6.54 Å². The highest BCUT2D eigenvalue weighted by Crippen LogP contribution is 2.30. The van der Waals surface area contributed by atoms with Crippen LogP contribution in [0.1, 0.15) is 0 Å². The van der Waals surface area contributed by atoms with Crippen LogP contribution >= 0.6 is 0 Å². The Hall–Kier alpha value is -3.73. The number of hydrogen-bond acceptors (Lipinski definition) is 9. The first-order valence-corrected chi connectivity index (χ1v) is 7.78. The van der Waals surface area contributed by atoms with Crippen LogP contribution in [0.3, 0.4) is 0 Å². The van der Waals surface area contributed by atoms with Crippen LogP contribution in [0, 0.1) is 0 Å². The Morgan fingerprint density at radius 3 is 2.59 bits per heavy atom. The smallest absolute Gasteiger partial charge is 0.409 e. The molecule has 0 radical (unpaired) electrons. The van der Waals surface area contributed by atoms with Crippen molar-refractivity contribution in [3.05, 3.63) is 36.4 Å². The van der Waals surface area contributed by atoms with Gasteiger partial charge < -0.3 is 31.6 Å². The average Bonchev–Trinajstić information content (AvgIpc) is 2.68. The van der Waals surface area contributed by atoms with E-state index < -0.39 is 6.09 Å². The number of anilines is 2. The Kier molecular flexibility index (Phi) is 7.02. The van der Waals surface area contributed by atoms with Crippen LogP contribution in [-0.4, -0.2) is 37.4 Å². The molecule has 0 saturated heterocycles. The van der Waals surface area contributed by atoms with Crippen LogP contribution in [0.2, 0.25) is 0 Å². The third-order valence-corrected chi connectivity index (χ3v) is 3.09. The summed E-state index contributed by atoms with van der Waals surface area (Å²) in [5, 5.41) is 12.9. The van der Waals surface area contributed by atoms with Crippen LogP contribution in [0.5, 0.6) is 5.75 Å². The van der Waals surface area contributed by atoms with Crippen molar-refractivity contribution in [3.8, 4) is 5.75 Å². The van der Waals surface area contributed by atoms with Crippen molar-refractivity contribution in [2.45, 2.75) is 0 Å². The van der Waals surface area contributed by atoms with Crippen LogP contribution in [0.4, 0.5) is 27.8 Å². The number of hydrogen-bond donors (Lipinski definition) is 4. The summed E-state index contributed by atoms with van der Waals surface area (Å²) in [5.41, 5.74) is 11.8. The van der Waals surface area contributed by atoms with Gasteiger partial charge in [-0.15, -0.1) is 10.2 Å². The zero-order chi connectivity index (χ0) is 19.6. The van der Waals surface area contributed by atoms with Crippen molar-refractivity contribution in [1.82, 2.24) is 10.3 Å². The molecule has 0 saturated carbocycles. The van der Waals surface area contributed by atoms with Crippen molar-refractivity contribution in [2.24, 2.45) is 16.0 Å². The Morgan fingerprint density at radius 2 is 1.89 bits per heavy atom. The third kappa shape index (κ3) is 5.93. The zero-order valence-electron chi connectivity index (χ0n) is 14.5. The average molecular weight is 373 g/mol. The van der Waals surface area contributed by atoms with Crippen molar-refractivity contribution in [1.29, 1.82) is 0 Å². The number of nitrogens with one attached hydrogen (secondary N) is 2. The first kappa shape index (κ1) is 19.6. The molecule has 6 N–H and O–H groups in total. The Bertz CT molecular complexity index is 841. The van der Waals surface area contributed by atoms with Gasteiger partial charge in [-0.2, -0.15) is 0 Å². The predicted octanol–water partition coefficient (Wildman–Crippen LogP) is 1.67. The monoisotopic (exact) mass is 373 g/mol. The molecular formula is C16H19N7O4. The second-order valence-electron chi connectivity index (χ2n) is 4.96. The van der Waals surface area contributed by atoms with Gasteiger partial charge in [0, 0.05) is 7.05 Å². The molecule has 1 heterocycles. The molecule has 0 fully saturated rings. The molecular weight excluding hydrogens is 354 g/mol. The van der Waals surface area contributed by atoms with E-state index in [9.17, 15) is 9.59 Å². The van der Waals surface area contributed by atoms with Crippen molar-refractivity contribution in [2.75, 3.05) is 31.4 Å². The number of ether oxygens (including phenoxy) is 2. The fourth-order valence-electron chi connectivity index (χ4n) is 1.80. The number of nitrogens with zero attached hydrogens (tertiary/aromatic N) is 3.